The Bertz CT molecular complexity index is 423. The van der Waals surface area contributed by atoms with Crippen LogP contribution in [-0.4, -0.2) is 10.7 Å². The number of hydrogen-bond acceptors (Lipinski definition) is 2. The van der Waals surface area contributed by atoms with Crippen LogP contribution in [0.5, 0.6) is 0 Å². The van der Waals surface area contributed by atoms with E-state index in [0.717, 1.165) is 37.7 Å². The predicted octanol–water partition coefficient (Wildman–Crippen LogP) is 3.55. The van der Waals surface area contributed by atoms with Crippen LogP contribution in [-0.2, 0) is 6.42 Å². The highest BCUT2D eigenvalue weighted by Gasteiger charge is 2.38. The van der Waals surface area contributed by atoms with E-state index in [-0.39, 0.29) is 5.92 Å². The molecule has 96 valence electrons. The number of aliphatic hydroxyl groups is 1. The third-order valence-electron chi connectivity index (χ3n) is 4.11. The molecule has 1 N–H and O–H groups in total. The lowest BCUT2D eigenvalue weighted by atomic mass is 9.73. The van der Waals surface area contributed by atoms with Crippen LogP contribution in [0.15, 0.2) is 24.3 Å². The van der Waals surface area contributed by atoms with Crippen molar-refractivity contribution in [3.05, 3.63) is 35.4 Å². The molecule has 0 amide bonds. The van der Waals surface area contributed by atoms with E-state index in [1.807, 2.05) is 12.1 Å². The maximum atomic E-state index is 10.7. The van der Waals surface area contributed by atoms with Gasteiger partial charge >= 0.3 is 0 Å². The van der Waals surface area contributed by atoms with Gasteiger partial charge in [-0.25, -0.2) is 0 Å². The highest BCUT2D eigenvalue weighted by atomic mass is 16.3. The monoisotopic (exact) mass is 243 g/mol. The number of benzene rings is 1. The lowest BCUT2D eigenvalue weighted by molar-refractivity contribution is -0.00714. The van der Waals surface area contributed by atoms with Gasteiger partial charge in [0.15, 0.2) is 0 Å². The molecule has 1 aliphatic rings. The van der Waals surface area contributed by atoms with Crippen LogP contribution >= 0.6 is 0 Å². The van der Waals surface area contributed by atoms with Gasteiger partial charge in [0.2, 0.25) is 0 Å². The van der Waals surface area contributed by atoms with E-state index in [1.54, 1.807) is 0 Å². The van der Waals surface area contributed by atoms with Crippen LogP contribution in [0.1, 0.15) is 56.1 Å². The quantitative estimate of drug-likeness (QED) is 0.882. The average molecular weight is 243 g/mol. The van der Waals surface area contributed by atoms with Crippen LogP contribution in [0.3, 0.4) is 0 Å². The summed E-state index contributed by atoms with van der Waals surface area (Å²) in [5, 5.41) is 20.1. The Balaban J connectivity index is 2.24. The molecule has 0 heterocycles. The second-order valence-electron chi connectivity index (χ2n) is 5.32. The van der Waals surface area contributed by atoms with Crippen molar-refractivity contribution in [2.75, 3.05) is 0 Å². The Morgan fingerprint density at radius 1 is 1.22 bits per heavy atom. The molecule has 1 unspecified atom stereocenters. The van der Waals surface area contributed by atoms with Gasteiger partial charge in [-0.2, -0.15) is 5.26 Å². The maximum Gasteiger partial charge on any atom is 0.0999 e. The first kappa shape index (κ1) is 13.1. The second kappa shape index (κ2) is 5.54. The summed E-state index contributed by atoms with van der Waals surface area (Å²) in [6.45, 7) is 2.12. The zero-order chi connectivity index (χ0) is 13.0. The van der Waals surface area contributed by atoms with Crippen LogP contribution in [0, 0.1) is 11.3 Å². The standard InChI is InChI=1S/C16H21NO/c1-2-13-6-8-14(9-7-13)15(12-17)16(18)10-4-3-5-11-16/h6-9,15,18H,2-5,10-11H2,1H3. The molecular weight excluding hydrogens is 222 g/mol. The van der Waals surface area contributed by atoms with E-state index in [0.29, 0.717) is 0 Å². The Kier molecular flexibility index (Phi) is 4.04. The van der Waals surface area contributed by atoms with E-state index < -0.39 is 5.60 Å². The van der Waals surface area contributed by atoms with Crippen molar-refractivity contribution in [1.82, 2.24) is 0 Å². The minimum atomic E-state index is -0.819. The van der Waals surface area contributed by atoms with Gasteiger partial charge in [0.1, 0.15) is 0 Å². The van der Waals surface area contributed by atoms with Gasteiger partial charge in [0.25, 0.3) is 0 Å². The van der Waals surface area contributed by atoms with Crippen molar-refractivity contribution >= 4 is 0 Å². The predicted molar refractivity (Wildman–Crippen MR) is 72.2 cm³/mol. The van der Waals surface area contributed by atoms with Crippen molar-refractivity contribution in [2.45, 2.75) is 57.0 Å². The lowest BCUT2D eigenvalue weighted by Gasteiger charge is -2.36. The number of nitriles is 1. The summed E-state index contributed by atoms with van der Waals surface area (Å²) in [5.74, 6) is -0.385. The summed E-state index contributed by atoms with van der Waals surface area (Å²) in [5.41, 5.74) is 1.41. The van der Waals surface area contributed by atoms with Crippen molar-refractivity contribution in [2.24, 2.45) is 0 Å². The molecule has 0 saturated heterocycles. The molecule has 0 aromatic heterocycles. The molecule has 0 radical (unpaired) electrons. The smallest absolute Gasteiger partial charge is 0.0999 e. The molecule has 18 heavy (non-hydrogen) atoms. The summed E-state index contributed by atoms with van der Waals surface area (Å²) in [6, 6.07) is 10.4. The van der Waals surface area contributed by atoms with E-state index >= 15 is 0 Å². The first-order valence-corrected chi connectivity index (χ1v) is 6.90. The third kappa shape index (κ3) is 2.57. The largest absolute Gasteiger partial charge is 0.388 e. The number of rotatable bonds is 3. The average Bonchev–Trinajstić information content (AvgIpc) is 2.41. The first-order chi connectivity index (χ1) is 8.69. The highest BCUT2D eigenvalue weighted by Crippen LogP contribution is 2.39. The van der Waals surface area contributed by atoms with Crippen molar-refractivity contribution < 1.29 is 5.11 Å². The summed E-state index contributed by atoms with van der Waals surface area (Å²) in [6.07, 6.45) is 5.74. The molecule has 1 atom stereocenters. The molecule has 2 rings (SSSR count). The topological polar surface area (TPSA) is 44.0 Å². The van der Waals surface area contributed by atoms with Crippen LogP contribution in [0.25, 0.3) is 0 Å². The van der Waals surface area contributed by atoms with Crippen LogP contribution in [0.4, 0.5) is 0 Å². The maximum absolute atomic E-state index is 10.7. The molecule has 0 bridgehead atoms. The summed E-state index contributed by atoms with van der Waals surface area (Å²) < 4.78 is 0. The van der Waals surface area contributed by atoms with Crippen LogP contribution in [0.2, 0.25) is 0 Å². The number of nitrogens with zero attached hydrogens (tertiary/aromatic N) is 1. The minimum Gasteiger partial charge on any atom is -0.388 e. The van der Waals surface area contributed by atoms with Gasteiger partial charge in [0.05, 0.1) is 17.6 Å². The van der Waals surface area contributed by atoms with Gasteiger partial charge in [0, 0.05) is 0 Å². The second-order valence-corrected chi connectivity index (χ2v) is 5.32. The van der Waals surface area contributed by atoms with Crippen molar-refractivity contribution in [3.63, 3.8) is 0 Å². The fraction of sp³-hybridized carbons (Fsp3) is 0.562. The van der Waals surface area contributed by atoms with E-state index in [9.17, 15) is 10.4 Å². The summed E-state index contributed by atoms with van der Waals surface area (Å²) in [7, 11) is 0. The van der Waals surface area contributed by atoms with E-state index in [4.69, 9.17) is 0 Å². The molecule has 2 nitrogen and oxygen atoms in total. The molecule has 1 aromatic carbocycles. The molecule has 0 spiro atoms. The lowest BCUT2D eigenvalue weighted by Crippen LogP contribution is -2.37. The van der Waals surface area contributed by atoms with E-state index in [2.05, 4.69) is 25.1 Å². The van der Waals surface area contributed by atoms with Gasteiger partial charge in [-0.15, -0.1) is 0 Å². The van der Waals surface area contributed by atoms with Crippen molar-refractivity contribution in [1.29, 1.82) is 5.26 Å². The molecule has 1 aliphatic carbocycles. The Morgan fingerprint density at radius 2 is 1.83 bits per heavy atom. The zero-order valence-corrected chi connectivity index (χ0v) is 11.0. The summed E-state index contributed by atoms with van der Waals surface area (Å²) >= 11 is 0. The SMILES string of the molecule is CCc1ccc(C(C#N)C2(O)CCCCC2)cc1. The molecule has 0 aliphatic heterocycles. The van der Waals surface area contributed by atoms with Gasteiger partial charge in [-0.05, 0) is 30.4 Å². The van der Waals surface area contributed by atoms with Crippen molar-refractivity contribution in [3.8, 4) is 6.07 Å². The normalized spacial score (nSPS) is 20.1. The Hall–Kier alpha value is -1.33. The molecule has 1 fully saturated rings. The molecule has 1 saturated carbocycles. The van der Waals surface area contributed by atoms with Gasteiger partial charge in [-0.1, -0.05) is 50.5 Å². The Morgan fingerprint density at radius 3 is 2.33 bits per heavy atom. The Labute approximate surface area is 109 Å². The highest BCUT2D eigenvalue weighted by molar-refractivity contribution is 5.32. The number of aryl methyl sites for hydroxylation is 1. The first-order valence-electron chi connectivity index (χ1n) is 6.90. The van der Waals surface area contributed by atoms with Crippen LogP contribution < -0.4 is 0 Å². The number of hydrogen-bond donors (Lipinski definition) is 1. The minimum absolute atomic E-state index is 0.385. The van der Waals surface area contributed by atoms with E-state index in [1.165, 1.54) is 12.0 Å². The zero-order valence-electron chi connectivity index (χ0n) is 11.0. The molecule has 2 heteroatoms. The third-order valence-corrected chi connectivity index (χ3v) is 4.11. The fourth-order valence-electron chi connectivity index (χ4n) is 2.90. The van der Waals surface area contributed by atoms with Gasteiger partial charge in [-0.3, -0.25) is 0 Å². The van der Waals surface area contributed by atoms with Gasteiger partial charge < -0.3 is 5.11 Å². The molecular formula is C16H21NO. The molecule has 1 aromatic rings. The fourth-order valence-corrected chi connectivity index (χ4v) is 2.90. The summed E-state index contributed by atoms with van der Waals surface area (Å²) in [4.78, 5) is 0.